The van der Waals surface area contributed by atoms with E-state index < -0.39 is 6.10 Å². The van der Waals surface area contributed by atoms with Crippen molar-refractivity contribution in [3.05, 3.63) is 59.3 Å². The third-order valence-electron chi connectivity index (χ3n) is 2.42. The van der Waals surface area contributed by atoms with Gasteiger partial charge in [-0.05, 0) is 42.3 Å². The molecule has 0 amide bonds. The number of rotatable bonds is 3. The maximum absolute atomic E-state index is 13.1. The van der Waals surface area contributed by atoms with Gasteiger partial charge in [0.15, 0.2) is 0 Å². The van der Waals surface area contributed by atoms with Gasteiger partial charge in [0.2, 0.25) is 0 Å². The Kier molecular flexibility index (Phi) is 3.06. The zero-order chi connectivity index (χ0) is 11.5. The SMILES string of the molecule is Cc1cc(F)cc(C(O)Cc2ccco2)c1. The largest absolute Gasteiger partial charge is 0.469 e. The van der Waals surface area contributed by atoms with Gasteiger partial charge in [-0.1, -0.05) is 6.07 Å². The minimum atomic E-state index is -0.736. The van der Waals surface area contributed by atoms with Gasteiger partial charge in [-0.3, -0.25) is 0 Å². The molecule has 0 aliphatic rings. The lowest BCUT2D eigenvalue weighted by atomic mass is 10.0. The second-order valence-electron chi connectivity index (χ2n) is 3.86. The summed E-state index contributed by atoms with van der Waals surface area (Å²) >= 11 is 0. The predicted octanol–water partition coefficient (Wildman–Crippen LogP) is 3.00. The van der Waals surface area contributed by atoms with Gasteiger partial charge in [-0.25, -0.2) is 4.39 Å². The van der Waals surface area contributed by atoms with E-state index in [1.54, 1.807) is 31.4 Å². The molecule has 1 atom stereocenters. The molecule has 1 unspecified atom stereocenters. The Morgan fingerprint density at radius 3 is 2.81 bits per heavy atom. The van der Waals surface area contributed by atoms with E-state index in [1.807, 2.05) is 0 Å². The van der Waals surface area contributed by atoms with E-state index in [0.29, 0.717) is 17.7 Å². The van der Waals surface area contributed by atoms with Crippen LogP contribution in [0.1, 0.15) is 23.0 Å². The summed E-state index contributed by atoms with van der Waals surface area (Å²) in [7, 11) is 0. The molecule has 16 heavy (non-hydrogen) atoms. The van der Waals surface area contributed by atoms with Gasteiger partial charge in [0, 0.05) is 6.42 Å². The van der Waals surface area contributed by atoms with Crippen molar-refractivity contribution >= 4 is 0 Å². The second kappa shape index (κ2) is 4.49. The number of aryl methyl sites for hydroxylation is 1. The molecule has 2 nitrogen and oxygen atoms in total. The van der Waals surface area contributed by atoms with Crippen molar-refractivity contribution in [3.8, 4) is 0 Å². The Morgan fingerprint density at radius 2 is 2.19 bits per heavy atom. The second-order valence-corrected chi connectivity index (χ2v) is 3.86. The maximum atomic E-state index is 13.1. The predicted molar refractivity (Wildman–Crippen MR) is 58.5 cm³/mol. The molecule has 0 radical (unpaired) electrons. The van der Waals surface area contributed by atoms with Gasteiger partial charge in [-0.2, -0.15) is 0 Å². The highest BCUT2D eigenvalue weighted by Gasteiger charge is 2.11. The van der Waals surface area contributed by atoms with E-state index in [9.17, 15) is 9.50 Å². The van der Waals surface area contributed by atoms with Crippen LogP contribution in [0.3, 0.4) is 0 Å². The summed E-state index contributed by atoms with van der Waals surface area (Å²) in [4.78, 5) is 0. The molecule has 1 aromatic carbocycles. The summed E-state index contributed by atoms with van der Waals surface area (Å²) in [6.07, 6.45) is 1.18. The molecule has 0 spiro atoms. The van der Waals surface area contributed by atoms with Crippen LogP contribution in [0.25, 0.3) is 0 Å². The molecular formula is C13H13FO2. The molecule has 1 heterocycles. The lowest BCUT2D eigenvalue weighted by molar-refractivity contribution is 0.170. The smallest absolute Gasteiger partial charge is 0.123 e. The topological polar surface area (TPSA) is 33.4 Å². The van der Waals surface area contributed by atoms with Crippen LogP contribution >= 0.6 is 0 Å². The molecule has 0 saturated carbocycles. The van der Waals surface area contributed by atoms with Gasteiger partial charge in [0.05, 0.1) is 12.4 Å². The fraction of sp³-hybridized carbons (Fsp3) is 0.231. The molecule has 2 aromatic rings. The highest BCUT2D eigenvalue weighted by Crippen LogP contribution is 2.20. The summed E-state index contributed by atoms with van der Waals surface area (Å²) in [6, 6.07) is 8.11. The summed E-state index contributed by atoms with van der Waals surface area (Å²) in [5.41, 5.74) is 1.38. The molecule has 0 bridgehead atoms. The van der Waals surface area contributed by atoms with Crippen LogP contribution in [0.5, 0.6) is 0 Å². The average Bonchev–Trinajstić information content (AvgIpc) is 2.68. The van der Waals surface area contributed by atoms with Crippen molar-refractivity contribution in [1.29, 1.82) is 0 Å². The number of furan rings is 1. The zero-order valence-electron chi connectivity index (χ0n) is 8.98. The average molecular weight is 220 g/mol. The summed E-state index contributed by atoms with van der Waals surface area (Å²) in [5.74, 6) is 0.364. The van der Waals surface area contributed by atoms with Crippen LogP contribution in [0.15, 0.2) is 41.0 Å². The maximum Gasteiger partial charge on any atom is 0.123 e. The lowest BCUT2D eigenvalue weighted by Crippen LogP contribution is -2.02. The van der Waals surface area contributed by atoms with E-state index >= 15 is 0 Å². The van der Waals surface area contributed by atoms with Crippen molar-refractivity contribution in [3.63, 3.8) is 0 Å². The summed E-state index contributed by atoms with van der Waals surface area (Å²) < 4.78 is 18.3. The highest BCUT2D eigenvalue weighted by atomic mass is 19.1. The van der Waals surface area contributed by atoms with Crippen molar-refractivity contribution in [2.75, 3.05) is 0 Å². The van der Waals surface area contributed by atoms with Crippen molar-refractivity contribution < 1.29 is 13.9 Å². The molecule has 1 N–H and O–H groups in total. The van der Waals surface area contributed by atoms with Crippen molar-refractivity contribution in [2.45, 2.75) is 19.4 Å². The molecule has 0 saturated heterocycles. The van der Waals surface area contributed by atoms with Crippen LogP contribution in [-0.2, 0) is 6.42 Å². The molecule has 0 fully saturated rings. The van der Waals surface area contributed by atoms with Crippen molar-refractivity contribution in [1.82, 2.24) is 0 Å². The van der Waals surface area contributed by atoms with Crippen LogP contribution in [0.2, 0.25) is 0 Å². The van der Waals surface area contributed by atoms with Gasteiger partial charge >= 0.3 is 0 Å². The van der Waals surface area contributed by atoms with Gasteiger partial charge in [0.1, 0.15) is 11.6 Å². The zero-order valence-corrected chi connectivity index (χ0v) is 8.98. The van der Waals surface area contributed by atoms with E-state index in [2.05, 4.69) is 0 Å². The number of hydrogen-bond donors (Lipinski definition) is 1. The Balaban J connectivity index is 2.17. The quantitative estimate of drug-likeness (QED) is 0.862. The Morgan fingerprint density at radius 1 is 1.38 bits per heavy atom. The Labute approximate surface area is 93.3 Å². The number of benzene rings is 1. The normalized spacial score (nSPS) is 12.7. The minimum absolute atomic E-state index is 0.325. The molecule has 2 rings (SSSR count). The highest BCUT2D eigenvalue weighted by molar-refractivity contribution is 5.26. The number of hydrogen-bond acceptors (Lipinski definition) is 2. The van der Waals surface area contributed by atoms with Crippen LogP contribution < -0.4 is 0 Å². The molecule has 3 heteroatoms. The van der Waals surface area contributed by atoms with Crippen molar-refractivity contribution in [2.24, 2.45) is 0 Å². The summed E-state index contributed by atoms with van der Waals surface area (Å²) in [6.45, 7) is 1.80. The van der Waals surface area contributed by atoms with Gasteiger partial charge < -0.3 is 9.52 Å². The number of aliphatic hydroxyl groups excluding tert-OH is 1. The van der Waals surface area contributed by atoms with Gasteiger partial charge in [0.25, 0.3) is 0 Å². The van der Waals surface area contributed by atoms with E-state index in [4.69, 9.17) is 4.42 Å². The monoisotopic (exact) mass is 220 g/mol. The fourth-order valence-electron chi connectivity index (χ4n) is 1.69. The Hall–Kier alpha value is -1.61. The van der Waals surface area contributed by atoms with Crippen LogP contribution in [0, 0.1) is 12.7 Å². The van der Waals surface area contributed by atoms with E-state index in [1.165, 1.54) is 12.1 Å². The Bertz CT molecular complexity index is 443. The molecule has 1 aromatic heterocycles. The minimum Gasteiger partial charge on any atom is -0.469 e. The van der Waals surface area contributed by atoms with Crippen LogP contribution in [-0.4, -0.2) is 5.11 Å². The van der Waals surface area contributed by atoms with E-state index in [-0.39, 0.29) is 5.82 Å². The third kappa shape index (κ3) is 2.49. The van der Waals surface area contributed by atoms with Crippen LogP contribution in [0.4, 0.5) is 4.39 Å². The first-order valence-corrected chi connectivity index (χ1v) is 5.12. The molecule has 84 valence electrons. The molecule has 0 aliphatic heterocycles. The standard InChI is InChI=1S/C13H13FO2/c1-9-5-10(7-11(14)6-9)13(15)8-12-3-2-4-16-12/h2-7,13,15H,8H2,1H3. The third-order valence-corrected chi connectivity index (χ3v) is 2.42. The first kappa shape index (κ1) is 10.9. The first-order chi connectivity index (χ1) is 7.65. The molecular weight excluding hydrogens is 207 g/mol. The fourth-order valence-corrected chi connectivity index (χ4v) is 1.69. The summed E-state index contributed by atoms with van der Waals surface area (Å²) in [5, 5.41) is 9.91. The number of aliphatic hydroxyl groups is 1. The van der Waals surface area contributed by atoms with E-state index in [0.717, 1.165) is 5.56 Å². The lowest BCUT2D eigenvalue weighted by Gasteiger charge is -2.10. The first-order valence-electron chi connectivity index (χ1n) is 5.12. The molecule has 0 aliphatic carbocycles. The number of halogens is 1. The van der Waals surface area contributed by atoms with Gasteiger partial charge in [-0.15, -0.1) is 0 Å².